The third-order valence-corrected chi connectivity index (χ3v) is 2.91. The van der Waals surface area contributed by atoms with E-state index in [0.29, 0.717) is 5.82 Å². The fraction of sp³-hybridized carbons (Fsp3) is 0.0625. The normalized spacial score (nSPS) is 10.4. The topological polar surface area (TPSA) is 85.5 Å². The molecule has 0 amide bonds. The highest BCUT2D eigenvalue weighted by Gasteiger charge is 2.12. The Hall–Kier alpha value is -3.15. The fourth-order valence-corrected chi connectivity index (χ4v) is 1.86. The second-order valence-corrected chi connectivity index (χ2v) is 4.50. The van der Waals surface area contributed by atoms with E-state index < -0.39 is 5.97 Å². The molecule has 0 aliphatic carbocycles. The standard InChI is InChI=1S/C16H12N2O4/c19-13-8-4-7-12(9-13)16(20)21-10-14-17-15(18-22-14)11-5-2-1-3-6-11/h1-9,19H,10H2. The van der Waals surface area contributed by atoms with Crippen LogP contribution < -0.4 is 0 Å². The van der Waals surface area contributed by atoms with E-state index in [9.17, 15) is 9.90 Å². The molecule has 0 fully saturated rings. The molecule has 110 valence electrons. The van der Waals surface area contributed by atoms with Crippen LogP contribution in [0.2, 0.25) is 0 Å². The van der Waals surface area contributed by atoms with Gasteiger partial charge in [-0.15, -0.1) is 0 Å². The second kappa shape index (κ2) is 6.09. The first kappa shape index (κ1) is 13.8. The summed E-state index contributed by atoms with van der Waals surface area (Å²) in [6.07, 6.45) is 0. The summed E-state index contributed by atoms with van der Waals surface area (Å²) in [5, 5.41) is 13.2. The van der Waals surface area contributed by atoms with Crippen molar-refractivity contribution in [2.24, 2.45) is 0 Å². The van der Waals surface area contributed by atoms with Crippen LogP contribution in [0.5, 0.6) is 5.75 Å². The SMILES string of the molecule is O=C(OCc1nc(-c2ccccc2)no1)c1cccc(O)c1. The summed E-state index contributed by atoms with van der Waals surface area (Å²) in [6.45, 7) is -0.131. The number of benzene rings is 2. The Morgan fingerprint density at radius 2 is 1.95 bits per heavy atom. The molecule has 3 aromatic rings. The minimum atomic E-state index is -0.574. The quantitative estimate of drug-likeness (QED) is 0.745. The summed E-state index contributed by atoms with van der Waals surface area (Å²) in [4.78, 5) is 16.0. The molecule has 1 N–H and O–H groups in total. The maximum atomic E-state index is 11.8. The van der Waals surface area contributed by atoms with Gasteiger partial charge >= 0.3 is 5.97 Å². The lowest BCUT2D eigenvalue weighted by Crippen LogP contribution is -2.05. The average Bonchev–Trinajstić information content (AvgIpc) is 3.02. The Bertz CT molecular complexity index is 784. The summed E-state index contributed by atoms with van der Waals surface area (Å²) >= 11 is 0. The zero-order valence-corrected chi connectivity index (χ0v) is 11.5. The zero-order chi connectivity index (χ0) is 15.4. The molecule has 2 aromatic carbocycles. The van der Waals surface area contributed by atoms with Gasteiger partial charge in [0.1, 0.15) is 5.75 Å². The molecule has 3 rings (SSSR count). The summed E-state index contributed by atoms with van der Waals surface area (Å²) < 4.78 is 10.1. The molecular weight excluding hydrogens is 284 g/mol. The van der Waals surface area contributed by atoms with Crippen molar-refractivity contribution in [1.29, 1.82) is 0 Å². The Morgan fingerprint density at radius 1 is 1.14 bits per heavy atom. The Morgan fingerprint density at radius 3 is 2.73 bits per heavy atom. The number of carbonyl (C=O) groups excluding carboxylic acids is 1. The number of carbonyl (C=O) groups is 1. The maximum absolute atomic E-state index is 11.8. The van der Waals surface area contributed by atoms with Crippen molar-refractivity contribution in [1.82, 2.24) is 10.1 Å². The van der Waals surface area contributed by atoms with Gasteiger partial charge in [-0.05, 0) is 18.2 Å². The number of phenolic OH excluding ortho intramolecular Hbond substituents is 1. The van der Waals surface area contributed by atoms with E-state index in [1.54, 1.807) is 12.1 Å². The van der Waals surface area contributed by atoms with Gasteiger partial charge < -0.3 is 14.4 Å². The number of hydrogen-bond acceptors (Lipinski definition) is 6. The number of rotatable bonds is 4. The molecule has 0 atom stereocenters. The summed E-state index contributed by atoms with van der Waals surface area (Å²) in [5.74, 6) is 0.0605. The molecule has 1 aromatic heterocycles. The van der Waals surface area contributed by atoms with E-state index in [-0.39, 0.29) is 23.8 Å². The fourth-order valence-electron chi connectivity index (χ4n) is 1.86. The van der Waals surface area contributed by atoms with E-state index in [2.05, 4.69) is 10.1 Å². The molecular formula is C16H12N2O4. The third-order valence-electron chi connectivity index (χ3n) is 2.91. The molecule has 0 spiro atoms. The van der Waals surface area contributed by atoms with Gasteiger partial charge in [-0.25, -0.2) is 4.79 Å². The van der Waals surface area contributed by atoms with Crippen molar-refractivity contribution in [3.05, 3.63) is 66.1 Å². The number of ether oxygens (including phenoxy) is 1. The van der Waals surface area contributed by atoms with E-state index in [1.807, 2.05) is 30.3 Å². The Kier molecular flexibility index (Phi) is 3.82. The van der Waals surface area contributed by atoms with Gasteiger partial charge in [0.15, 0.2) is 6.61 Å². The number of aromatic hydroxyl groups is 1. The van der Waals surface area contributed by atoms with Crippen LogP contribution in [-0.2, 0) is 11.3 Å². The van der Waals surface area contributed by atoms with Crippen molar-refractivity contribution in [3.63, 3.8) is 0 Å². The largest absolute Gasteiger partial charge is 0.508 e. The molecule has 0 saturated carbocycles. The van der Waals surface area contributed by atoms with Crippen molar-refractivity contribution in [3.8, 4) is 17.1 Å². The van der Waals surface area contributed by atoms with Crippen molar-refractivity contribution in [2.45, 2.75) is 6.61 Å². The highest BCUT2D eigenvalue weighted by Crippen LogP contribution is 2.16. The number of esters is 1. The zero-order valence-electron chi connectivity index (χ0n) is 11.5. The molecule has 0 saturated heterocycles. The predicted molar refractivity (Wildman–Crippen MR) is 77.0 cm³/mol. The first-order valence-electron chi connectivity index (χ1n) is 6.56. The highest BCUT2D eigenvalue weighted by atomic mass is 16.6. The molecule has 0 aliphatic heterocycles. The van der Waals surface area contributed by atoms with Gasteiger partial charge in [0.2, 0.25) is 5.82 Å². The predicted octanol–water partition coefficient (Wildman–Crippen LogP) is 2.80. The number of aromatic nitrogens is 2. The lowest BCUT2D eigenvalue weighted by molar-refractivity contribution is 0.0429. The summed E-state index contributed by atoms with van der Waals surface area (Å²) in [6, 6.07) is 15.2. The smallest absolute Gasteiger partial charge is 0.338 e. The van der Waals surface area contributed by atoms with Crippen LogP contribution in [0.25, 0.3) is 11.4 Å². The van der Waals surface area contributed by atoms with Gasteiger partial charge in [0, 0.05) is 5.56 Å². The van der Waals surface area contributed by atoms with Crippen LogP contribution >= 0.6 is 0 Å². The molecule has 6 nitrogen and oxygen atoms in total. The first-order valence-corrected chi connectivity index (χ1v) is 6.56. The van der Waals surface area contributed by atoms with Crippen molar-refractivity contribution >= 4 is 5.97 Å². The van der Waals surface area contributed by atoms with E-state index >= 15 is 0 Å². The minimum Gasteiger partial charge on any atom is -0.508 e. The van der Waals surface area contributed by atoms with Gasteiger partial charge in [-0.2, -0.15) is 4.98 Å². The molecule has 22 heavy (non-hydrogen) atoms. The van der Waals surface area contributed by atoms with Gasteiger partial charge in [-0.1, -0.05) is 41.6 Å². The average molecular weight is 296 g/mol. The van der Waals surface area contributed by atoms with Crippen LogP contribution in [0.3, 0.4) is 0 Å². The number of phenols is 1. The molecule has 0 unspecified atom stereocenters. The number of hydrogen-bond donors (Lipinski definition) is 1. The Labute approximate surface area is 126 Å². The second-order valence-electron chi connectivity index (χ2n) is 4.50. The van der Waals surface area contributed by atoms with Gasteiger partial charge in [0.05, 0.1) is 5.56 Å². The lowest BCUT2D eigenvalue weighted by Gasteiger charge is -2.01. The lowest BCUT2D eigenvalue weighted by atomic mass is 10.2. The van der Waals surface area contributed by atoms with Crippen LogP contribution in [0.4, 0.5) is 0 Å². The van der Waals surface area contributed by atoms with Crippen LogP contribution in [-0.4, -0.2) is 21.2 Å². The summed E-state index contributed by atoms with van der Waals surface area (Å²) in [7, 11) is 0. The van der Waals surface area contributed by atoms with Crippen LogP contribution in [0, 0.1) is 0 Å². The maximum Gasteiger partial charge on any atom is 0.338 e. The van der Waals surface area contributed by atoms with Crippen molar-refractivity contribution < 1.29 is 19.2 Å². The van der Waals surface area contributed by atoms with Gasteiger partial charge in [-0.3, -0.25) is 0 Å². The molecule has 1 heterocycles. The highest BCUT2D eigenvalue weighted by molar-refractivity contribution is 5.89. The first-order chi connectivity index (χ1) is 10.7. The molecule has 0 aliphatic rings. The van der Waals surface area contributed by atoms with Gasteiger partial charge in [0.25, 0.3) is 5.89 Å². The van der Waals surface area contributed by atoms with Crippen LogP contribution in [0.15, 0.2) is 59.1 Å². The molecule has 6 heteroatoms. The van der Waals surface area contributed by atoms with E-state index in [1.165, 1.54) is 12.1 Å². The van der Waals surface area contributed by atoms with Crippen LogP contribution in [0.1, 0.15) is 16.2 Å². The van der Waals surface area contributed by atoms with E-state index in [0.717, 1.165) is 5.56 Å². The molecule has 0 bridgehead atoms. The monoisotopic (exact) mass is 296 g/mol. The minimum absolute atomic E-state index is 0.00129. The molecule has 0 radical (unpaired) electrons. The Balaban J connectivity index is 1.65. The summed E-state index contributed by atoms with van der Waals surface area (Å²) in [5.41, 5.74) is 1.07. The van der Waals surface area contributed by atoms with E-state index in [4.69, 9.17) is 9.26 Å². The number of nitrogens with zero attached hydrogens (tertiary/aromatic N) is 2. The van der Waals surface area contributed by atoms with Crippen molar-refractivity contribution in [2.75, 3.05) is 0 Å². The third kappa shape index (κ3) is 3.12.